The third kappa shape index (κ3) is 7.19. The van der Waals surface area contributed by atoms with Crippen molar-refractivity contribution in [1.82, 2.24) is 10.6 Å². The van der Waals surface area contributed by atoms with Crippen molar-refractivity contribution in [2.24, 2.45) is 4.99 Å². The lowest BCUT2D eigenvalue weighted by atomic mass is 10.1. The number of halogens is 1. The van der Waals surface area contributed by atoms with Crippen LogP contribution in [-0.2, 0) is 24.4 Å². The maximum absolute atomic E-state index is 5.67. The van der Waals surface area contributed by atoms with Crippen molar-refractivity contribution in [2.45, 2.75) is 33.0 Å². The molecule has 0 unspecified atom stereocenters. The van der Waals surface area contributed by atoms with Crippen LogP contribution in [-0.4, -0.2) is 19.6 Å². The molecule has 0 aliphatic rings. The molecule has 24 heavy (non-hydrogen) atoms. The lowest BCUT2D eigenvalue weighted by Crippen LogP contribution is -2.36. The molecule has 0 atom stereocenters. The number of thiophene rings is 1. The molecule has 0 fully saturated rings. The highest BCUT2D eigenvalue weighted by Crippen LogP contribution is 2.10. The lowest BCUT2D eigenvalue weighted by Gasteiger charge is -2.14. The summed E-state index contributed by atoms with van der Waals surface area (Å²) in [6, 6.07) is 12.5. The minimum atomic E-state index is 0. The first kappa shape index (κ1) is 20.9. The predicted molar refractivity (Wildman–Crippen MR) is 113 cm³/mol. The average molecular weight is 459 g/mol. The van der Waals surface area contributed by atoms with E-state index in [1.54, 1.807) is 18.4 Å². The molecule has 6 heteroatoms. The maximum Gasteiger partial charge on any atom is 0.191 e. The van der Waals surface area contributed by atoms with E-state index in [1.807, 2.05) is 0 Å². The van der Waals surface area contributed by atoms with Gasteiger partial charge in [0.15, 0.2) is 5.96 Å². The number of hydrogen-bond acceptors (Lipinski definition) is 3. The number of hydrogen-bond donors (Lipinski definition) is 2. The second kappa shape index (κ2) is 12.3. The predicted octanol–water partition coefficient (Wildman–Crippen LogP) is 4.16. The summed E-state index contributed by atoms with van der Waals surface area (Å²) in [5, 5.41) is 8.78. The van der Waals surface area contributed by atoms with Gasteiger partial charge in [0.05, 0.1) is 13.2 Å². The molecule has 0 spiro atoms. The monoisotopic (exact) mass is 459 g/mol. The number of rotatable bonds is 8. The zero-order chi connectivity index (χ0) is 16.3. The van der Waals surface area contributed by atoms with E-state index in [1.165, 1.54) is 16.0 Å². The second-order valence-electron chi connectivity index (χ2n) is 5.18. The quantitative estimate of drug-likeness (QED) is 0.270. The second-order valence-corrected chi connectivity index (χ2v) is 6.21. The summed E-state index contributed by atoms with van der Waals surface area (Å²) in [4.78, 5) is 5.57. The van der Waals surface area contributed by atoms with Gasteiger partial charge in [0.1, 0.15) is 0 Å². The van der Waals surface area contributed by atoms with E-state index in [-0.39, 0.29) is 24.0 Å². The Balaban J connectivity index is 0.00000288. The summed E-state index contributed by atoms with van der Waals surface area (Å²) in [6.07, 6.45) is 1.04. The van der Waals surface area contributed by atoms with Crippen LogP contribution in [0.2, 0.25) is 0 Å². The van der Waals surface area contributed by atoms with Gasteiger partial charge in [-0.3, -0.25) is 4.99 Å². The minimum Gasteiger partial charge on any atom is -0.377 e. The molecule has 1 heterocycles. The Hall–Kier alpha value is -1.12. The van der Waals surface area contributed by atoms with Gasteiger partial charge in [-0.25, -0.2) is 0 Å². The third-order valence-electron chi connectivity index (χ3n) is 3.40. The first-order valence-electron chi connectivity index (χ1n) is 7.95. The summed E-state index contributed by atoms with van der Waals surface area (Å²) in [6.45, 7) is 5.10. The van der Waals surface area contributed by atoms with Crippen molar-refractivity contribution in [3.63, 3.8) is 0 Å². The SMILES string of the molecule is CCCOCc1ccccc1CNC(=NC)NCc1cccs1.I. The van der Waals surface area contributed by atoms with Crippen LogP contribution in [0.5, 0.6) is 0 Å². The van der Waals surface area contributed by atoms with Crippen molar-refractivity contribution < 1.29 is 4.74 Å². The highest BCUT2D eigenvalue weighted by atomic mass is 127. The molecule has 2 aromatic rings. The fourth-order valence-corrected chi connectivity index (χ4v) is 2.83. The fraction of sp³-hybridized carbons (Fsp3) is 0.389. The first-order chi connectivity index (χ1) is 11.3. The zero-order valence-electron chi connectivity index (χ0n) is 14.2. The van der Waals surface area contributed by atoms with Gasteiger partial charge in [0.25, 0.3) is 0 Å². The van der Waals surface area contributed by atoms with Crippen molar-refractivity contribution >= 4 is 41.3 Å². The molecule has 2 rings (SSSR count). The van der Waals surface area contributed by atoms with Crippen LogP contribution >= 0.6 is 35.3 Å². The molecule has 0 amide bonds. The number of nitrogens with one attached hydrogen (secondary N) is 2. The Kier molecular flexibility index (Phi) is 10.7. The number of ether oxygens (including phenoxy) is 1. The van der Waals surface area contributed by atoms with Gasteiger partial charge >= 0.3 is 0 Å². The van der Waals surface area contributed by atoms with Crippen LogP contribution in [0.15, 0.2) is 46.8 Å². The summed E-state index contributed by atoms with van der Waals surface area (Å²) < 4.78 is 5.67. The fourth-order valence-electron chi connectivity index (χ4n) is 2.18. The van der Waals surface area contributed by atoms with Crippen molar-refractivity contribution in [1.29, 1.82) is 0 Å². The molecule has 1 aromatic heterocycles. The zero-order valence-corrected chi connectivity index (χ0v) is 17.4. The number of nitrogens with zero attached hydrogens (tertiary/aromatic N) is 1. The molecule has 0 bridgehead atoms. The van der Waals surface area contributed by atoms with E-state index < -0.39 is 0 Å². The molecular formula is C18H26IN3OS. The van der Waals surface area contributed by atoms with Crippen LogP contribution in [0.25, 0.3) is 0 Å². The Bertz CT molecular complexity index is 602. The number of aliphatic imine (C=N–C) groups is 1. The Labute approximate surface area is 165 Å². The summed E-state index contributed by atoms with van der Waals surface area (Å²) in [5.74, 6) is 0.808. The normalized spacial score (nSPS) is 11.0. The third-order valence-corrected chi connectivity index (χ3v) is 4.28. The molecule has 0 saturated heterocycles. The van der Waals surface area contributed by atoms with Crippen molar-refractivity contribution in [3.8, 4) is 0 Å². The van der Waals surface area contributed by atoms with E-state index in [2.05, 4.69) is 64.3 Å². The van der Waals surface area contributed by atoms with Crippen LogP contribution < -0.4 is 10.6 Å². The summed E-state index contributed by atoms with van der Waals surface area (Å²) in [7, 11) is 1.79. The summed E-state index contributed by atoms with van der Waals surface area (Å²) >= 11 is 1.74. The van der Waals surface area contributed by atoms with Gasteiger partial charge in [0, 0.05) is 25.1 Å². The van der Waals surface area contributed by atoms with E-state index in [4.69, 9.17) is 4.74 Å². The molecule has 4 nitrogen and oxygen atoms in total. The average Bonchev–Trinajstić information content (AvgIpc) is 3.10. The number of benzene rings is 1. The van der Waals surface area contributed by atoms with Gasteiger partial charge in [-0.15, -0.1) is 35.3 Å². The van der Waals surface area contributed by atoms with Crippen LogP contribution in [0.3, 0.4) is 0 Å². The molecule has 0 aliphatic carbocycles. The molecule has 0 saturated carbocycles. The van der Waals surface area contributed by atoms with Gasteiger partial charge < -0.3 is 15.4 Å². The first-order valence-corrected chi connectivity index (χ1v) is 8.83. The Morgan fingerprint density at radius 1 is 1.08 bits per heavy atom. The highest BCUT2D eigenvalue weighted by Gasteiger charge is 2.04. The Morgan fingerprint density at radius 3 is 2.50 bits per heavy atom. The van der Waals surface area contributed by atoms with Crippen molar-refractivity contribution in [3.05, 3.63) is 57.8 Å². The molecule has 132 valence electrons. The van der Waals surface area contributed by atoms with Crippen LogP contribution in [0, 0.1) is 0 Å². The highest BCUT2D eigenvalue weighted by molar-refractivity contribution is 14.0. The van der Waals surface area contributed by atoms with Crippen LogP contribution in [0.4, 0.5) is 0 Å². The maximum atomic E-state index is 5.67. The van der Waals surface area contributed by atoms with Crippen molar-refractivity contribution in [2.75, 3.05) is 13.7 Å². The standard InChI is InChI=1S/C18H25N3OS.HI/c1-3-10-22-14-16-8-5-4-7-15(16)12-20-18(19-2)21-13-17-9-6-11-23-17;/h4-9,11H,3,10,12-14H2,1-2H3,(H2,19,20,21);1H. The van der Waals surface area contributed by atoms with Gasteiger partial charge in [-0.1, -0.05) is 37.3 Å². The summed E-state index contributed by atoms with van der Waals surface area (Å²) in [5.41, 5.74) is 2.46. The van der Waals surface area contributed by atoms with Crippen LogP contribution in [0.1, 0.15) is 29.3 Å². The minimum absolute atomic E-state index is 0. The van der Waals surface area contributed by atoms with Gasteiger partial charge in [0.2, 0.25) is 0 Å². The molecule has 0 radical (unpaired) electrons. The Morgan fingerprint density at radius 2 is 1.83 bits per heavy atom. The molecule has 2 N–H and O–H groups in total. The lowest BCUT2D eigenvalue weighted by molar-refractivity contribution is 0.121. The number of guanidine groups is 1. The molecule has 0 aliphatic heterocycles. The van der Waals surface area contributed by atoms with E-state index >= 15 is 0 Å². The molecule has 1 aromatic carbocycles. The van der Waals surface area contributed by atoms with E-state index in [0.717, 1.165) is 32.1 Å². The van der Waals surface area contributed by atoms with E-state index in [0.29, 0.717) is 6.61 Å². The smallest absolute Gasteiger partial charge is 0.191 e. The van der Waals surface area contributed by atoms with Gasteiger partial charge in [-0.2, -0.15) is 0 Å². The van der Waals surface area contributed by atoms with E-state index in [9.17, 15) is 0 Å². The topological polar surface area (TPSA) is 45.6 Å². The largest absolute Gasteiger partial charge is 0.377 e. The molecular weight excluding hydrogens is 433 g/mol. The van der Waals surface area contributed by atoms with Gasteiger partial charge in [-0.05, 0) is 29.0 Å².